The summed E-state index contributed by atoms with van der Waals surface area (Å²) < 4.78 is 26.5. The first-order chi connectivity index (χ1) is 11.4. The third kappa shape index (κ3) is 2.72. The first-order valence-corrected chi connectivity index (χ1v) is 8.24. The zero-order valence-corrected chi connectivity index (χ0v) is 13.1. The highest BCUT2D eigenvalue weighted by atomic mass is 32.2. The summed E-state index contributed by atoms with van der Waals surface area (Å²) in [6.45, 7) is 0. The van der Waals surface area contributed by atoms with Gasteiger partial charge in [-0.3, -0.25) is 10.1 Å². The number of nitrogen functional groups attached to an aromatic ring is 1. The summed E-state index contributed by atoms with van der Waals surface area (Å²) in [6.07, 6.45) is 0. The van der Waals surface area contributed by atoms with Gasteiger partial charge in [-0.05, 0) is 6.07 Å². The Labute approximate surface area is 137 Å². The van der Waals surface area contributed by atoms with E-state index < -0.39 is 14.9 Å². The summed E-state index contributed by atoms with van der Waals surface area (Å²) in [5, 5.41) is 14.7. The number of anilines is 1. The van der Waals surface area contributed by atoms with E-state index in [0.29, 0.717) is 5.56 Å². The SMILES string of the molecule is Nc1cc(-c2ccccc2)n(S(=O)(=O)c2cccc([N+](=O)[O-])c2)n1. The number of hydrogen-bond acceptors (Lipinski definition) is 6. The van der Waals surface area contributed by atoms with Gasteiger partial charge < -0.3 is 5.73 Å². The molecule has 0 radical (unpaired) electrons. The molecule has 122 valence electrons. The minimum Gasteiger partial charge on any atom is -0.382 e. The highest BCUT2D eigenvalue weighted by Crippen LogP contribution is 2.27. The monoisotopic (exact) mass is 344 g/mol. The van der Waals surface area contributed by atoms with Crippen molar-refractivity contribution in [3.8, 4) is 11.3 Å². The lowest BCUT2D eigenvalue weighted by atomic mass is 10.2. The first-order valence-electron chi connectivity index (χ1n) is 6.80. The number of non-ortho nitro benzene ring substituents is 1. The summed E-state index contributed by atoms with van der Waals surface area (Å²) in [5.74, 6) is 0.0304. The molecule has 0 atom stereocenters. The van der Waals surface area contributed by atoms with Gasteiger partial charge in [-0.15, -0.1) is 5.10 Å². The van der Waals surface area contributed by atoms with Crippen molar-refractivity contribution in [3.63, 3.8) is 0 Å². The second kappa shape index (κ2) is 5.78. The number of nitro groups is 1. The van der Waals surface area contributed by atoms with Crippen molar-refractivity contribution in [2.75, 3.05) is 5.73 Å². The molecular formula is C15H12N4O4S. The number of hydrogen-bond donors (Lipinski definition) is 1. The molecule has 0 amide bonds. The van der Waals surface area contributed by atoms with Crippen LogP contribution in [0, 0.1) is 10.1 Å². The largest absolute Gasteiger partial charge is 0.382 e. The van der Waals surface area contributed by atoms with E-state index in [4.69, 9.17) is 5.73 Å². The number of nitrogens with zero attached hydrogens (tertiary/aromatic N) is 3. The predicted molar refractivity (Wildman–Crippen MR) is 87.8 cm³/mol. The van der Waals surface area contributed by atoms with Crippen LogP contribution in [0.1, 0.15) is 0 Å². The zero-order chi connectivity index (χ0) is 17.3. The Morgan fingerprint density at radius 3 is 2.42 bits per heavy atom. The maximum Gasteiger partial charge on any atom is 0.283 e. The first kappa shape index (κ1) is 15.7. The van der Waals surface area contributed by atoms with E-state index in [2.05, 4.69) is 5.10 Å². The van der Waals surface area contributed by atoms with Crippen LogP contribution in [0.4, 0.5) is 11.5 Å². The van der Waals surface area contributed by atoms with Crippen molar-refractivity contribution in [2.45, 2.75) is 4.90 Å². The second-order valence-electron chi connectivity index (χ2n) is 4.92. The van der Waals surface area contributed by atoms with Crippen LogP contribution in [-0.4, -0.2) is 22.5 Å². The quantitative estimate of drug-likeness (QED) is 0.572. The summed E-state index contributed by atoms with van der Waals surface area (Å²) in [7, 11) is -4.13. The molecule has 9 heteroatoms. The van der Waals surface area contributed by atoms with Crippen LogP contribution in [0.5, 0.6) is 0 Å². The maximum atomic E-state index is 12.8. The van der Waals surface area contributed by atoms with Gasteiger partial charge >= 0.3 is 0 Å². The van der Waals surface area contributed by atoms with Gasteiger partial charge in [0, 0.05) is 23.8 Å². The van der Waals surface area contributed by atoms with Crippen LogP contribution in [-0.2, 0) is 10.0 Å². The van der Waals surface area contributed by atoms with Crippen LogP contribution >= 0.6 is 0 Å². The van der Waals surface area contributed by atoms with Gasteiger partial charge in [0.15, 0.2) is 0 Å². The molecule has 1 heterocycles. The lowest BCUT2D eigenvalue weighted by molar-refractivity contribution is -0.385. The molecule has 3 rings (SSSR count). The normalized spacial score (nSPS) is 11.3. The fourth-order valence-corrected chi connectivity index (χ4v) is 3.56. The van der Waals surface area contributed by atoms with E-state index in [0.717, 1.165) is 10.2 Å². The fourth-order valence-electron chi connectivity index (χ4n) is 2.23. The van der Waals surface area contributed by atoms with Gasteiger partial charge in [-0.1, -0.05) is 36.4 Å². The minimum absolute atomic E-state index is 0.0304. The second-order valence-corrected chi connectivity index (χ2v) is 6.69. The standard InChI is InChI=1S/C15H12N4O4S/c16-15-10-14(11-5-2-1-3-6-11)18(17-15)24(22,23)13-8-4-7-12(9-13)19(20)21/h1-10H,(H2,16,17). The maximum absolute atomic E-state index is 12.8. The van der Waals surface area contributed by atoms with Crippen LogP contribution in [0.2, 0.25) is 0 Å². The molecule has 0 bridgehead atoms. The zero-order valence-electron chi connectivity index (χ0n) is 12.2. The Kier molecular flexibility index (Phi) is 3.78. The molecule has 0 aliphatic rings. The molecular weight excluding hydrogens is 332 g/mol. The van der Waals surface area contributed by atoms with Crippen LogP contribution in [0.25, 0.3) is 11.3 Å². The van der Waals surface area contributed by atoms with Gasteiger partial charge in [-0.2, -0.15) is 12.5 Å². The molecule has 0 aliphatic carbocycles. The smallest absolute Gasteiger partial charge is 0.283 e. The molecule has 2 aromatic carbocycles. The fraction of sp³-hybridized carbons (Fsp3) is 0. The summed E-state index contributed by atoms with van der Waals surface area (Å²) in [4.78, 5) is 9.98. The average molecular weight is 344 g/mol. The summed E-state index contributed by atoms with van der Waals surface area (Å²) in [6, 6.07) is 15.0. The molecule has 0 saturated carbocycles. The van der Waals surface area contributed by atoms with Gasteiger partial charge in [0.1, 0.15) is 5.82 Å². The Bertz CT molecular complexity index is 1010. The molecule has 0 aliphatic heterocycles. The molecule has 0 saturated heterocycles. The van der Waals surface area contributed by atoms with Crippen molar-refractivity contribution in [1.82, 2.24) is 9.19 Å². The predicted octanol–water partition coefficient (Wildman–Crippen LogP) is 2.28. The van der Waals surface area contributed by atoms with Crippen molar-refractivity contribution >= 4 is 21.5 Å². The molecule has 0 unspecified atom stereocenters. The number of aromatic nitrogens is 2. The van der Waals surface area contributed by atoms with Crippen molar-refractivity contribution in [3.05, 3.63) is 70.8 Å². The van der Waals surface area contributed by atoms with Gasteiger partial charge in [0.05, 0.1) is 15.5 Å². The average Bonchev–Trinajstić information content (AvgIpc) is 2.98. The molecule has 1 aromatic heterocycles. The van der Waals surface area contributed by atoms with E-state index >= 15 is 0 Å². The molecule has 24 heavy (non-hydrogen) atoms. The lowest BCUT2D eigenvalue weighted by Crippen LogP contribution is -2.16. The van der Waals surface area contributed by atoms with Crippen molar-refractivity contribution < 1.29 is 13.3 Å². The Hall–Kier alpha value is -3.20. The van der Waals surface area contributed by atoms with E-state index in [1.165, 1.54) is 24.3 Å². The number of rotatable bonds is 4. The van der Waals surface area contributed by atoms with E-state index in [1.807, 2.05) is 0 Å². The third-order valence-corrected chi connectivity index (χ3v) is 4.90. The summed E-state index contributed by atoms with van der Waals surface area (Å²) >= 11 is 0. The molecule has 8 nitrogen and oxygen atoms in total. The summed E-state index contributed by atoms with van der Waals surface area (Å²) in [5.41, 5.74) is 6.23. The highest BCUT2D eigenvalue weighted by molar-refractivity contribution is 7.90. The highest BCUT2D eigenvalue weighted by Gasteiger charge is 2.24. The Morgan fingerprint density at radius 1 is 1.04 bits per heavy atom. The molecule has 0 fully saturated rings. The molecule has 3 aromatic rings. The van der Waals surface area contributed by atoms with Crippen LogP contribution in [0.3, 0.4) is 0 Å². The van der Waals surface area contributed by atoms with Crippen LogP contribution in [0.15, 0.2) is 65.6 Å². The van der Waals surface area contributed by atoms with Crippen molar-refractivity contribution in [2.24, 2.45) is 0 Å². The molecule has 2 N–H and O–H groups in total. The number of nitrogens with two attached hydrogens (primary N) is 1. The third-order valence-electron chi connectivity index (χ3n) is 3.32. The molecule has 0 spiro atoms. The Morgan fingerprint density at radius 2 is 1.75 bits per heavy atom. The topological polar surface area (TPSA) is 121 Å². The lowest BCUT2D eigenvalue weighted by Gasteiger charge is -2.08. The van der Waals surface area contributed by atoms with Gasteiger partial charge in [0.25, 0.3) is 15.7 Å². The Balaban J connectivity index is 2.19. The van der Waals surface area contributed by atoms with Crippen molar-refractivity contribution in [1.29, 1.82) is 0 Å². The number of nitro benzene ring substituents is 1. The van der Waals surface area contributed by atoms with E-state index in [-0.39, 0.29) is 22.1 Å². The van der Waals surface area contributed by atoms with E-state index in [9.17, 15) is 18.5 Å². The minimum atomic E-state index is -4.13. The van der Waals surface area contributed by atoms with E-state index in [1.54, 1.807) is 30.3 Å². The van der Waals surface area contributed by atoms with Gasteiger partial charge in [-0.25, -0.2) is 0 Å². The van der Waals surface area contributed by atoms with Crippen LogP contribution < -0.4 is 5.73 Å². The van der Waals surface area contributed by atoms with Gasteiger partial charge in [0.2, 0.25) is 0 Å². The number of benzene rings is 2.